The Morgan fingerprint density at radius 2 is 0.492 bits per heavy atom. The van der Waals surface area contributed by atoms with Crippen LogP contribution < -0.4 is 0 Å². The molecule has 0 aliphatic heterocycles. The minimum atomic E-state index is 0.523. The SMILES string of the molecule is c1ccc(-c2nc(-c3cccc(-c4nc5ccccc5c5c(-c6cccc7c6oc6ccccc67)c6c(cc45)oc4ccccc46)c3)nc(-c3cccc4c3oc3ccccc34)n2)cc1.c1ccc(-c2nc(-c3cccc(-c4nc5ccccc5c5c(-c6cccc7c6oc6ccccc67)c6c(cc45)oc4ccccc46)c3)nc(-c3cccc4c3sc3ccccc34)n2)cc1. The Balaban J connectivity index is 0.000000134. The highest BCUT2D eigenvalue weighted by Gasteiger charge is 2.30. The topological polar surface area (TPSA) is 169 Å². The van der Waals surface area contributed by atoms with Crippen molar-refractivity contribution in [2.24, 2.45) is 0 Å². The number of hydrogen-bond donors (Lipinski definition) is 0. The first-order chi connectivity index (χ1) is 64.4. The number of nitrogens with zero attached hydrogens (tertiary/aromatic N) is 8. The molecule has 0 saturated carbocycles. The van der Waals surface area contributed by atoms with Gasteiger partial charge in [-0.05, 0) is 84.9 Å². The third-order valence-electron chi connectivity index (χ3n) is 25.4. The van der Waals surface area contributed by atoms with Gasteiger partial charge in [0.1, 0.15) is 55.8 Å². The highest BCUT2D eigenvalue weighted by Crippen LogP contribution is 2.53. The lowest BCUT2D eigenvalue weighted by molar-refractivity contribution is 0.668. The van der Waals surface area contributed by atoms with Crippen LogP contribution in [0.1, 0.15) is 0 Å². The minimum absolute atomic E-state index is 0.523. The summed E-state index contributed by atoms with van der Waals surface area (Å²) in [6, 6.07) is 133. The lowest BCUT2D eigenvalue weighted by Gasteiger charge is -2.16. The van der Waals surface area contributed by atoms with Gasteiger partial charge in [0.25, 0.3) is 0 Å². The van der Waals surface area contributed by atoms with Crippen LogP contribution in [0.3, 0.4) is 0 Å². The monoisotopic (exact) mass is 1680 g/mol. The van der Waals surface area contributed by atoms with Crippen LogP contribution in [0.2, 0.25) is 0 Å². The van der Waals surface area contributed by atoms with Crippen LogP contribution in [-0.4, -0.2) is 39.9 Å². The lowest BCUT2D eigenvalue weighted by atomic mass is 9.88. The van der Waals surface area contributed by atoms with Crippen LogP contribution in [0.5, 0.6) is 0 Å². The van der Waals surface area contributed by atoms with Crippen LogP contribution in [0.25, 0.3) is 286 Å². The second kappa shape index (κ2) is 29.1. The average molecular weight is 1680 g/mol. The van der Waals surface area contributed by atoms with E-state index in [-0.39, 0.29) is 0 Å². The van der Waals surface area contributed by atoms with E-state index in [4.69, 9.17) is 62.0 Å². The number of benzene rings is 18. The molecule has 10 aromatic heterocycles. The van der Waals surface area contributed by atoms with Crippen LogP contribution in [0, 0.1) is 0 Å². The molecule has 604 valence electrons. The summed E-state index contributed by atoms with van der Waals surface area (Å²) in [6.07, 6.45) is 0. The molecular formula is C116H64N8O5S. The number of fused-ring (bicyclic) bond motifs is 24. The van der Waals surface area contributed by atoms with Gasteiger partial charge in [-0.15, -0.1) is 11.3 Å². The Kier molecular flexibility index (Phi) is 16.3. The van der Waals surface area contributed by atoms with Gasteiger partial charge >= 0.3 is 0 Å². The molecule has 0 bridgehead atoms. The van der Waals surface area contributed by atoms with E-state index in [1.807, 2.05) is 152 Å². The Bertz CT molecular complexity index is 9070. The summed E-state index contributed by atoms with van der Waals surface area (Å²) in [5.74, 6) is 3.44. The van der Waals surface area contributed by atoms with Crippen LogP contribution in [0.15, 0.2) is 410 Å². The van der Waals surface area contributed by atoms with Gasteiger partial charge in [-0.2, -0.15) is 0 Å². The molecule has 130 heavy (non-hydrogen) atoms. The smallest absolute Gasteiger partial charge is 0.167 e. The Labute approximate surface area is 742 Å². The van der Waals surface area contributed by atoms with Crippen LogP contribution in [-0.2, 0) is 0 Å². The van der Waals surface area contributed by atoms with Gasteiger partial charge in [0.05, 0.1) is 28.0 Å². The predicted octanol–water partition coefficient (Wildman–Crippen LogP) is 31.7. The zero-order valence-electron chi connectivity index (χ0n) is 69.0. The fourth-order valence-electron chi connectivity index (χ4n) is 19.6. The van der Waals surface area contributed by atoms with Gasteiger partial charge in [0.2, 0.25) is 0 Å². The summed E-state index contributed by atoms with van der Waals surface area (Å²) in [5, 5.41) is 19.0. The second-order valence-electron chi connectivity index (χ2n) is 32.9. The molecule has 0 spiro atoms. The van der Waals surface area contributed by atoms with Gasteiger partial charge in [-0.3, -0.25) is 0 Å². The summed E-state index contributed by atoms with van der Waals surface area (Å²) in [5.41, 5.74) is 22.6. The van der Waals surface area contributed by atoms with Gasteiger partial charge in [-0.1, -0.05) is 303 Å². The molecule has 0 atom stereocenters. The zero-order valence-corrected chi connectivity index (χ0v) is 69.8. The molecule has 0 fully saturated rings. The first-order valence-corrected chi connectivity index (χ1v) is 44.1. The molecule has 0 unspecified atom stereocenters. The maximum absolute atomic E-state index is 6.77. The van der Waals surface area contributed by atoms with E-state index in [0.29, 0.717) is 34.9 Å². The number of aromatic nitrogens is 8. The lowest BCUT2D eigenvalue weighted by Crippen LogP contribution is -2.00. The van der Waals surface area contributed by atoms with Crippen molar-refractivity contribution in [3.05, 3.63) is 388 Å². The van der Waals surface area contributed by atoms with Crippen molar-refractivity contribution in [2.45, 2.75) is 0 Å². The fourth-order valence-corrected chi connectivity index (χ4v) is 20.9. The zero-order chi connectivity index (χ0) is 85.2. The van der Waals surface area contributed by atoms with Crippen molar-refractivity contribution in [3.8, 4) is 113 Å². The summed E-state index contributed by atoms with van der Waals surface area (Å²) in [4.78, 5) is 41.9. The number of furan rings is 5. The van der Waals surface area contributed by atoms with E-state index in [2.05, 4.69) is 237 Å². The third kappa shape index (κ3) is 11.6. The average Bonchev–Trinajstić information content (AvgIpc) is 1.41. The van der Waals surface area contributed by atoms with Crippen molar-refractivity contribution >= 4 is 185 Å². The standard InChI is InChI=1S/C58H32N4O3.C58H32N4O2S/c1-2-15-33(16-3-1)56-60-57(62-58(61-56)43-26-14-24-39-37-20-6-10-29-47(37)65-55(39)43)35-18-12-17-34(31-35)53-44-32-49-51(41-22-7-11-30-48(41)63-49)52(50(44)40-21-4-8-27-45(40)59-53)42-25-13-23-38-36-19-5-9-28-46(36)64-54(38)42;1-2-15-33(16-3-1)56-60-57(62-58(61-56)43-26-14-24-39-37-20-7-11-30-49(37)65-55(39)43)35-18-12-17-34(31-35)53-44-32-48-51(41-22-6-10-29-47(41)63-48)52(50(44)40-21-4-8-27-45(40)59-53)42-25-13-23-38-36-19-5-9-28-46(36)64-54(38)42/h2*1-32H. The molecule has 10 heterocycles. The summed E-state index contributed by atoms with van der Waals surface area (Å²) in [6.45, 7) is 0. The molecule has 28 aromatic rings. The van der Waals surface area contributed by atoms with E-state index in [0.717, 1.165) is 236 Å². The molecule has 18 aromatic carbocycles. The normalized spacial score (nSPS) is 12.0. The highest BCUT2D eigenvalue weighted by atomic mass is 32.1. The molecule has 14 heteroatoms. The van der Waals surface area contributed by atoms with Crippen molar-refractivity contribution in [1.29, 1.82) is 0 Å². The van der Waals surface area contributed by atoms with E-state index in [1.54, 1.807) is 11.3 Å². The van der Waals surface area contributed by atoms with Crippen molar-refractivity contribution in [1.82, 2.24) is 39.9 Å². The fraction of sp³-hybridized carbons (Fsp3) is 0. The molecule has 0 aliphatic carbocycles. The molecule has 0 aliphatic rings. The maximum Gasteiger partial charge on any atom is 0.167 e. The van der Waals surface area contributed by atoms with E-state index in [9.17, 15) is 0 Å². The number of thiophene rings is 1. The maximum atomic E-state index is 6.77. The Morgan fingerprint density at radius 3 is 0.954 bits per heavy atom. The van der Waals surface area contributed by atoms with Crippen molar-refractivity contribution in [2.75, 3.05) is 0 Å². The molecule has 0 saturated heterocycles. The first kappa shape index (κ1) is 72.9. The molecule has 0 amide bonds. The van der Waals surface area contributed by atoms with Gasteiger partial charge in [0.15, 0.2) is 34.9 Å². The van der Waals surface area contributed by atoms with Gasteiger partial charge in [-0.25, -0.2) is 39.9 Å². The first-order valence-electron chi connectivity index (χ1n) is 43.2. The number of pyridine rings is 2. The number of rotatable bonds is 10. The molecular weight excluding hydrogens is 1620 g/mol. The molecule has 13 nitrogen and oxygen atoms in total. The summed E-state index contributed by atoms with van der Waals surface area (Å²) >= 11 is 1.77. The predicted molar refractivity (Wildman–Crippen MR) is 529 cm³/mol. The summed E-state index contributed by atoms with van der Waals surface area (Å²) < 4.78 is 35.9. The van der Waals surface area contributed by atoms with Gasteiger partial charge < -0.3 is 22.1 Å². The van der Waals surface area contributed by atoms with E-state index >= 15 is 0 Å². The Morgan fingerprint density at radius 1 is 0.177 bits per heavy atom. The molecule has 28 rings (SSSR count). The summed E-state index contributed by atoms with van der Waals surface area (Å²) in [7, 11) is 0. The van der Waals surface area contributed by atoms with E-state index < -0.39 is 0 Å². The quantitative estimate of drug-likeness (QED) is 0.119. The minimum Gasteiger partial charge on any atom is -0.456 e. The van der Waals surface area contributed by atoms with E-state index in [1.165, 1.54) is 15.5 Å². The van der Waals surface area contributed by atoms with Crippen LogP contribution >= 0.6 is 11.3 Å². The third-order valence-corrected chi connectivity index (χ3v) is 26.6. The van der Waals surface area contributed by atoms with Crippen molar-refractivity contribution < 1.29 is 22.1 Å². The largest absolute Gasteiger partial charge is 0.456 e. The van der Waals surface area contributed by atoms with Crippen molar-refractivity contribution in [3.63, 3.8) is 0 Å². The Hall–Kier alpha value is -17.5. The van der Waals surface area contributed by atoms with Gasteiger partial charge in [0, 0.05) is 168 Å². The number of para-hydroxylation sites is 10. The molecule has 0 radical (unpaired) electrons. The highest BCUT2D eigenvalue weighted by molar-refractivity contribution is 7.26. The number of hydrogen-bond acceptors (Lipinski definition) is 14. The molecule has 0 N–H and O–H groups in total. The van der Waals surface area contributed by atoms with Crippen LogP contribution in [0.4, 0.5) is 0 Å². The second-order valence-corrected chi connectivity index (χ2v) is 33.9.